The van der Waals surface area contributed by atoms with Crippen LogP contribution in [0.25, 0.3) is 0 Å². The van der Waals surface area contributed by atoms with Crippen molar-refractivity contribution in [1.82, 2.24) is 19.7 Å². The Morgan fingerprint density at radius 2 is 1.95 bits per heavy atom. The predicted octanol–water partition coefficient (Wildman–Crippen LogP) is 1.16. The Hall–Kier alpha value is -2.44. The number of nitrogens with zero attached hydrogens (tertiary/aromatic N) is 5. The smallest absolute Gasteiger partial charge is 0.224 e. The SMILES string of the molecule is O=C(CCn1cncn1)N1CCN(c2ccccc2F)CC1. The fourth-order valence-electron chi connectivity index (χ4n) is 2.62. The number of amides is 1. The standard InChI is InChI=1S/C15H18FN5O/c16-13-3-1-2-4-14(13)19-7-9-20(10-8-19)15(22)5-6-21-12-17-11-18-21/h1-4,11-12H,5-10H2. The van der Waals surface area contributed by atoms with Gasteiger partial charge in [0.1, 0.15) is 18.5 Å². The topological polar surface area (TPSA) is 54.3 Å². The van der Waals surface area contributed by atoms with Crippen LogP contribution >= 0.6 is 0 Å². The quantitative estimate of drug-likeness (QED) is 0.850. The molecule has 1 aromatic carbocycles. The highest BCUT2D eigenvalue weighted by molar-refractivity contribution is 5.76. The van der Waals surface area contributed by atoms with Gasteiger partial charge in [0.2, 0.25) is 5.91 Å². The highest BCUT2D eigenvalue weighted by atomic mass is 19.1. The molecule has 1 fully saturated rings. The Bertz CT molecular complexity index is 623. The fraction of sp³-hybridized carbons (Fsp3) is 0.400. The van der Waals surface area contributed by atoms with Crippen LogP contribution in [-0.4, -0.2) is 51.8 Å². The van der Waals surface area contributed by atoms with E-state index in [0.717, 1.165) is 0 Å². The van der Waals surface area contributed by atoms with Gasteiger partial charge in [0.25, 0.3) is 0 Å². The van der Waals surface area contributed by atoms with E-state index >= 15 is 0 Å². The summed E-state index contributed by atoms with van der Waals surface area (Å²) in [5, 5.41) is 3.98. The maximum absolute atomic E-state index is 13.8. The zero-order valence-corrected chi connectivity index (χ0v) is 12.2. The van der Waals surface area contributed by atoms with Gasteiger partial charge in [0.15, 0.2) is 0 Å². The Balaban J connectivity index is 1.51. The summed E-state index contributed by atoms with van der Waals surface area (Å²) >= 11 is 0. The van der Waals surface area contributed by atoms with Gasteiger partial charge in [0, 0.05) is 32.6 Å². The molecule has 3 rings (SSSR count). The van der Waals surface area contributed by atoms with Crippen LogP contribution in [0.1, 0.15) is 6.42 Å². The van der Waals surface area contributed by atoms with E-state index < -0.39 is 0 Å². The molecule has 0 saturated carbocycles. The molecule has 6 nitrogen and oxygen atoms in total. The summed E-state index contributed by atoms with van der Waals surface area (Å²) in [4.78, 5) is 19.8. The summed E-state index contributed by atoms with van der Waals surface area (Å²) in [6, 6.07) is 6.75. The third-order valence-electron chi connectivity index (χ3n) is 3.85. The first-order chi connectivity index (χ1) is 10.7. The second-order valence-electron chi connectivity index (χ2n) is 5.23. The minimum atomic E-state index is -0.214. The molecule has 0 bridgehead atoms. The van der Waals surface area contributed by atoms with Gasteiger partial charge in [-0.1, -0.05) is 12.1 Å². The van der Waals surface area contributed by atoms with E-state index in [1.165, 1.54) is 12.4 Å². The van der Waals surface area contributed by atoms with Crippen molar-refractivity contribution in [2.45, 2.75) is 13.0 Å². The normalized spacial score (nSPS) is 15.1. The number of piperazine rings is 1. The number of para-hydroxylation sites is 1. The average molecular weight is 303 g/mol. The highest BCUT2D eigenvalue weighted by Crippen LogP contribution is 2.20. The molecule has 0 radical (unpaired) electrons. The van der Waals surface area contributed by atoms with E-state index in [2.05, 4.69) is 10.1 Å². The van der Waals surface area contributed by atoms with Gasteiger partial charge in [-0.25, -0.2) is 9.37 Å². The van der Waals surface area contributed by atoms with Gasteiger partial charge in [0.05, 0.1) is 12.2 Å². The van der Waals surface area contributed by atoms with Gasteiger partial charge in [-0.3, -0.25) is 9.48 Å². The van der Waals surface area contributed by atoms with Crippen LogP contribution in [0.3, 0.4) is 0 Å². The Morgan fingerprint density at radius 3 is 2.64 bits per heavy atom. The monoisotopic (exact) mass is 303 g/mol. The Kier molecular flexibility index (Phi) is 4.32. The number of benzene rings is 1. The number of halogens is 1. The molecule has 0 N–H and O–H groups in total. The van der Waals surface area contributed by atoms with Crippen LogP contribution in [0.5, 0.6) is 0 Å². The van der Waals surface area contributed by atoms with Crippen molar-refractivity contribution in [2.75, 3.05) is 31.1 Å². The lowest BCUT2D eigenvalue weighted by atomic mass is 10.2. The molecule has 22 heavy (non-hydrogen) atoms. The molecule has 1 saturated heterocycles. The minimum absolute atomic E-state index is 0.101. The lowest BCUT2D eigenvalue weighted by molar-refractivity contribution is -0.131. The Morgan fingerprint density at radius 1 is 1.18 bits per heavy atom. The molecule has 2 heterocycles. The number of carbonyl (C=O) groups is 1. The van der Waals surface area contributed by atoms with Gasteiger partial charge >= 0.3 is 0 Å². The summed E-state index contributed by atoms with van der Waals surface area (Å²) in [6.45, 7) is 3.06. The molecular formula is C15H18FN5O. The molecule has 0 atom stereocenters. The van der Waals surface area contributed by atoms with Crippen LogP contribution in [0.2, 0.25) is 0 Å². The van der Waals surface area contributed by atoms with Crippen molar-refractivity contribution in [3.05, 3.63) is 42.7 Å². The molecular weight excluding hydrogens is 285 g/mol. The molecule has 1 amide bonds. The van der Waals surface area contributed by atoms with Crippen LogP contribution in [0, 0.1) is 5.82 Å². The molecule has 1 aliphatic rings. The first-order valence-corrected chi connectivity index (χ1v) is 7.34. The summed E-state index contributed by atoms with van der Waals surface area (Å²) in [5.74, 6) is -0.114. The predicted molar refractivity (Wildman–Crippen MR) is 79.8 cm³/mol. The van der Waals surface area contributed by atoms with Gasteiger partial charge in [-0.15, -0.1) is 0 Å². The average Bonchev–Trinajstić information content (AvgIpc) is 3.07. The fourth-order valence-corrected chi connectivity index (χ4v) is 2.62. The molecule has 0 spiro atoms. The first-order valence-electron chi connectivity index (χ1n) is 7.34. The van der Waals surface area contributed by atoms with E-state index in [-0.39, 0.29) is 11.7 Å². The summed E-state index contributed by atoms with van der Waals surface area (Å²) in [6.07, 6.45) is 3.46. The molecule has 1 aromatic heterocycles. The summed E-state index contributed by atoms with van der Waals surface area (Å²) < 4.78 is 15.4. The number of anilines is 1. The van der Waals surface area contributed by atoms with Gasteiger partial charge in [-0.05, 0) is 12.1 Å². The van der Waals surface area contributed by atoms with E-state index in [4.69, 9.17) is 0 Å². The highest BCUT2D eigenvalue weighted by Gasteiger charge is 2.22. The molecule has 2 aromatic rings. The molecule has 1 aliphatic heterocycles. The number of aryl methyl sites for hydroxylation is 1. The maximum Gasteiger partial charge on any atom is 0.224 e. The number of carbonyl (C=O) groups excluding carboxylic acids is 1. The van der Waals surface area contributed by atoms with E-state index in [1.54, 1.807) is 23.1 Å². The zero-order valence-electron chi connectivity index (χ0n) is 12.2. The van der Waals surface area contributed by atoms with Crippen molar-refractivity contribution in [1.29, 1.82) is 0 Å². The lowest BCUT2D eigenvalue weighted by Gasteiger charge is -2.36. The molecule has 0 aliphatic carbocycles. The van der Waals surface area contributed by atoms with Crippen molar-refractivity contribution >= 4 is 11.6 Å². The van der Waals surface area contributed by atoms with Crippen LogP contribution in [0.4, 0.5) is 10.1 Å². The van der Waals surface area contributed by atoms with Crippen molar-refractivity contribution in [3.63, 3.8) is 0 Å². The molecule has 116 valence electrons. The second-order valence-corrected chi connectivity index (χ2v) is 5.23. The first kappa shape index (κ1) is 14.5. The number of aromatic nitrogens is 3. The van der Waals surface area contributed by atoms with Crippen molar-refractivity contribution < 1.29 is 9.18 Å². The van der Waals surface area contributed by atoms with E-state index in [0.29, 0.717) is 44.8 Å². The van der Waals surface area contributed by atoms with Crippen molar-refractivity contribution in [2.24, 2.45) is 0 Å². The number of hydrogen-bond acceptors (Lipinski definition) is 4. The van der Waals surface area contributed by atoms with E-state index in [1.807, 2.05) is 15.9 Å². The minimum Gasteiger partial charge on any atom is -0.366 e. The summed E-state index contributed by atoms with van der Waals surface area (Å²) in [5.41, 5.74) is 0.609. The molecule has 0 unspecified atom stereocenters. The maximum atomic E-state index is 13.8. The summed E-state index contributed by atoms with van der Waals surface area (Å²) in [7, 11) is 0. The van der Waals surface area contributed by atoms with Gasteiger partial charge in [-0.2, -0.15) is 5.10 Å². The third-order valence-corrected chi connectivity index (χ3v) is 3.85. The lowest BCUT2D eigenvalue weighted by Crippen LogP contribution is -2.49. The molecule has 7 heteroatoms. The van der Waals surface area contributed by atoms with Crippen molar-refractivity contribution in [3.8, 4) is 0 Å². The van der Waals surface area contributed by atoms with Crippen LogP contribution < -0.4 is 4.90 Å². The van der Waals surface area contributed by atoms with E-state index in [9.17, 15) is 9.18 Å². The van der Waals surface area contributed by atoms with Gasteiger partial charge < -0.3 is 9.80 Å². The third kappa shape index (κ3) is 3.24. The number of rotatable bonds is 4. The number of hydrogen-bond donors (Lipinski definition) is 0. The van der Waals surface area contributed by atoms with Crippen LogP contribution in [0.15, 0.2) is 36.9 Å². The Labute approximate surface area is 128 Å². The zero-order chi connectivity index (χ0) is 15.4. The second kappa shape index (κ2) is 6.55. The largest absolute Gasteiger partial charge is 0.366 e. The van der Waals surface area contributed by atoms with Crippen LogP contribution in [-0.2, 0) is 11.3 Å².